The maximum absolute atomic E-state index is 12.8. The van der Waals surface area contributed by atoms with E-state index in [1.807, 2.05) is 0 Å². The van der Waals surface area contributed by atoms with E-state index in [0.29, 0.717) is 19.4 Å². The Kier molecular flexibility index (Phi) is 49.0. The highest BCUT2D eigenvalue weighted by atomic mass is 16.6. The largest absolute Gasteiger partial charge is 0.462 e. The van der Waals surface area contributed by atoms with Crippen LogP contribution in [0, 0.1) is 0 Å². The zero-order valence-corrected chi connectivity index (χ0v) is 40.3. The van der Waals surface area contributed by atoms with Crippen LogP contribution in [0.3, 0.4) is 0 Å². The SMILES string of the molecule is CC/C=C\C/C=C\C/C=C\C/C=C\C/C=C\CCCCCC(=O)OCC(COCCCCCCCCCC)OC(=O)CCCCCCCC/C=C\C/C=C\C/C=C\C/C=C\CC. The Balaban J connectivity index is 4.28. The third-order valence-corrected chi connectivity index (χ3v) is 10.3. The Morgan fingerprint density at radius 3 is 1.18 bits per heavy atom. The van der Waals surface area contributed by atoms with Crippen molar-refractivity contribution in [2.24, 2.45) is 0 Å². The fourth-order valence-corrected chi connectivity index (χ4v) is 6.58. The van der Waals surface area contributed by atoms with E-state index in [1.54, 1.807) is 0 Å². The molecule has 0 radical (unpaired) electrons. The summed E-state index contributed by atoms with van der Waals surface area (Å²) < 4.78 is 17.3. The Bertz CT molecular complexity index is 1250. The van der Waals surface area contributed by atoms with Crippen LogP contribution in [0.25, 0.3) is 0 Å². The second-order valence-corrected chi connectivity index (χ2v) is 16.3. The van der Waals surface area contributed by atoms with E-state index in [9.17, 15) is 9.59 Å². The molecule has 1 unspecified atom stereocenters. The smallest absolute Gasteiger partial charge is 0.306 e. The van der Waals surface area contributed by atoms with Gasteiger partial charge in [-0.3, -0.25) is 9.59 Å². The number of ether oxygens (including phenoxy) is 3. The molecule has 0 N–H and O–H groups in total. The minimum atomic E-state index is -0.561. The summed E-state index contributed by atoms with van der Waals surface area (Å²) in [6.45, 7) is 7.52. The fourth-order valence-electron chi connectivity index (χ4n) is 6.58. The van der Waals surface area contributed by atoms with E-state index in [-0.39, 0.29) is 25.2 Å². The molecule has 0 spiro atoms. The molecule has 0 aromatic carbocycles. The van der Waals surface area contributed by atoms with Gasteiger partial charge in [-0.1, -0.05) is 207 Å². The molecule has 0 amide bonds. The molecular weight excluding hydrogens is 765 g/mol. The summed E-state index contributed by atoms with van der Waals surface area (Å²) in [6.07, 6.45) is 71.0. The maximum Gasteiger partial charge on any atom is 0.306 e. The third-order valence-electron chi connectivity index (χ3n) is 10.3. The lowest BCUT2D eigenvalue weighted by molar-refractivity contribution is -0.163. The van der Waals surface area contributed by atoms with Gasteiger partial charge in [-0.2, -0.15) is 0 Å². The lowest BCUT2D eigenvalue weighted by atomic mass is 10.1. The van der Waals surface area contributed by atoms with Crippen molar-refractivity contribution in [2.75, 3.05) is 19.8 Å². The van der Waals surface area contributed by atoms with E-state index < -0.39 is 6.10 Å². The number of allylic oxidation sites excluding steroid dienone is 18. The second kappa shape index (κ2) is 51.9. The van der Waals surface area contributed by atoms with Crippen molar-refractivity contribution in [3.05, 3.63) is 109 Å². The van der Waals surface area contributed by atoms with Crippen LogP contribution >= 0.6 is 0 Å². The number of carbonyl (C=O) groups excluding carboxylic acids is 2. The third kappa shape index (κ3) is 49.2. The minimum absolute atomic E-state index is 0.0569. The molecule has 5 heteroatoms. The lowest BCUT2D eigenvalue weighted by Crippen LogP contribution is -2.30. The number of rotatable bonds is 45. The van der Waals surface area contributed by atoms with Gasteiger partial charge in [0.1, 0.15) is 6.61 Å². The van der Waals surface area contributed by atoms with Crippen LogP contribution in [0.1, 0.15) is 213 Å². The number of carbonyl (C=O) groups is 2. The Hall–Kier alpha value is -3.44. The molecule has 62 heavy (non-hydrogen) atoms. The molecule has 0 aromatic rings. The quantitative estimate of drug-likeness (QED) is 0.0347. The van der Waals surface area contributed by atoms with Crippen LogP contribution in [0.2, 0.25) is 0 Å². The molecule has 0 bridgehead atoms. The second-order valence-electron chi connectivity index (χ2n) is 16.3. The topological polar surface area (TPSA) is 61.8 Å². The summed E-state index contributed by atoms with van der Waals surface area (Å²) in [7, 11) is 0. The summed E-state index contributed by atoms with van der Waals surface area (Å²) in [6, 6.07) is 0. The molecule has 5 nitrogen and oxygen atoms in total. The van der Waals surface area contributed by atoms with Crippen LogP contribution in [-0.4, -0.2) is 37.9 Å². The summed E-state index contributed by atoms with van der Waals surface area (Å²) >= 11 is 0. The highest BCUT2D eigenvalue weighted by Crippen LogP contribution is 2.13. The molecule has 0 aliphatic heterocycles. The Morgan fingerprint density at radius 2 is 0.726 bits per heavy atom. The normalized spacial score (nSPS) is 13.1. The standard InChI is InChI=1S/C57H94O5/c1-4-7-10-13-16-19-21-23-25-27-29-31-33-35-37-39-41-44-47-50-56(58)61-54-55(53-60-52-49-46-43-18-15-12-9-6-3)62-57(59)51-48-45-42-40-38-36-34-32-30-28-26-24-22-20-17-14-11-8-5-2/h7-8,10-11,16-17,19-20,23-26,29-32,35,37,55H,4-6,9,12-15,18,21-22,27-28,33-34,36,38-54H2,1-3H3/b10-7-,11-8-,19-16-,20-17-,25-23-,26-24-,31-29-,32-30-,37-35-. The molecule has 0 saturated carbocycles. The molecule has 0 aliphatic rings. The first-order valence-corrected chi connectivity index (χ1v) is 25.4. The number of hydrogen-bond acceptors (Lipinski definition) is 5. The van der Waals surface area contributed by atoms with Crippen LogP contribution < -0.4 is 0 Å². The van der Waals surface area contributed by atoms with Crippen LogP contribution in [0.4, 0.5) is 0 Å². The van der Waals surface area contributed by atoms with Crippen molar-refractivity contribution >= 4 is 11.9 Å². The van der Waals surface area contributed by atoms with Crippen molar-refractivity contribution < 1.29 is 23.8 Å². The average molecular weight is 859 g/mol. The molecule has 352 valence electrons. The van der Waals surface area contributed by atoms with Crippen molar-refractivity contribution in [1.29, 1.82) is 0 Å². The Morgan fingerprint density at radius 1 is 0.371 bits per heavy atom. The molecule has 0 rings (SSSR count). The first kappa shape index (κ1) is 58.6. The van der Waals surface area contributed by atoms with Gasteiger partial charge in [0.2, 0.25) is 0 Å². The van der Waals surface area contributed by atoms with Crippen molar-refractivity contribution in [3.63, 3.8) is 0 Å². The maximum atomic E-state index is 12.8. The molecule has 0 saturated heterocycles. The minimum Gasteiger partial charge on any atom is -0.462 e. The molecule has 0 fully saturated rings. The first-order valence-electron chi connectivity index (χ1n) is 25.4. The monoisotopic (exact) mass is 859 g/mol. The van der Waals surface area contributed by atoms with E-state index >= 15 is 0 Å². The van der Waals surface area contributed by atoms with Gasteiger partial charge in [0.25, 0.3) is 0 Å². The van der Waals surface area contributed by atoms with Crippen LogP contribution in [0.5, 0.6) is 0 Å². The summed E-state index contributed by atoms with van der Waals surface area (Å²) in [5.41, 5.74) is 0. The summed E-state index contributed by atoms with van der Waals surface area (Å²) in [4.78, 5) is 25.3. The van der Waals surface area contributed by atoms with E-state index in [2.05, 4.69) is 130 Å². The zero-order chi connectivity index (χ0) is 44.9. The predicted molar refractivity (Wildman–Crippen MR) is 269 cm³/mol. The Labute approximate surface area is 383 Å². The molecular formula is C57H94O5. The van der Waals surface area contributed by atoms with Crippen LogP contribution in [0.15, 0.2) is 109 Å². The van der Waals surface area contributed by atoms with Gasteiger partial charge in [-0.05, 0) is 103 Å². The number of hydrogen-bond donors (Lipinski definition) is 0. The zero-order valence-electron chi connectivity index (χ0n) is 40.3. The van der Waals surface area contributed by atoms with Gasteiger partial charge in [0, 0.05) is 19.4 Å². The van der Waals surface area contributed by atoms with Gasteiger partial charge in [-0.25, -0.2) is 0 Å². The van der Waals surface area contributed by atoms with Crippen molar-refractivity contribution in [3.8, 4) is 0 Å². The number of esters is 2. The van der Waals surface area contributed by atoms with E-state index in [4.69, 9.17) is 14.2 Å². The summed E-state index contributed by atoms with van der Waals surface area (Å²) in [5.74, 6) is -0.456. The van der Waals surface area contributed by atoms with Gasteiger partial charge < -0.3 is 14.2 Å². The van der Waals surface area contributed by atoms with Gasteiger partial charge >= 0.3 is 11.9 Å². The van der Waals surface area contributed by atoms with Gasteiger partial charge in [-0.15, -0.1) is 0 Å². The molecule has 0 aromatic heterocycles. The first-order chi connectivity index (χ1) is 30.6. The van der Waals surface area contributed by atoms with Crippen molar-refractivity contribution in [2.45, 2.75) is 219 Å². The average Bonchev–Trinajstić information content (AvgIpc) is 3.27. The highest BCUT2D eigenvalue weighted by Gasteiger charge is 2.17. The van der Waals surface area contributed by atoms with Crippen molar-refractivity contribution in [1.82, 2.24) is 0 Å². The highest BCUT2D eigenvalue weighted by molar-refractivity contribution is 5.70. The summed E-state index contributed by atoms with van der Waals surface area (Å²) in [5, 5.41) is 0. The fraction of sp³-hybridized carbons (Fsp3) is 0.649. The van der Waals surface area contributed by atoms with Gasteiger partial charge in [0.05, 0.1) is 6.61 Å². The van der Waals surface area contributed by atoms with E-state index in [0.717, 1.165) is 122 Å². The van der Waals surface area contributed by atoms with E-state index in [1.165, 1.54) is 57.8 Å². The number of unbranched alkanes of at least 4 members (excludes halogenated alkanes) is 16. The predicted octanol–water partition coefficient (Wildman–Crippen LogP) is 17.2. The molecule has 0 aliphatic carbocycles. The van der Waals surface area contributed by atoms with Gasteiger partial charge in [0.15, 0.2) is 6.10 Å². The molecule has 1 atom stereocenters. The van der Waals surface area contributed by atoms with Crippen LogP contribution in [-0.2, 0) is 23.8 Å². The lowest BCUT2D eigenvalue weighted by Gasteiger charge is -2.18. The molecule has 0 heterocycles.